The summed E-state index contributed by atoms with van der Waals surface area (Å²) in [7, 11) is 1.97. The van der Waals surface area contributed by atoms with Crippen molar-refractivity contribution in [3.63, 3.8) is 0 Å². The topological polar surface area (TPSA) is 43.7 Å². The summed E-state index contributed by atoms with van der Waals surface area (Å²) in [5.74, 6) is 0.183. The fourth-order valence-corrected chi connectivity index (χ4v) is 2.09. The number of aliphatic hydroxyl groups excluding tert-OH is 1. The number of hydrogen-bond donors (Lipinski definition) is 2. The van der Waals surface area contributed by atoms with Crippen molar-refractivity contribution in [2.45, 2.75) is 12.6 Å². The fraction of sp³-hybridized carbons (Fsp3) is 0.250. The van der Waals surface area contributed by atoms with Crippen LogP contribution in [0, 0.1) is 0 Å². The molecule has 0 aliphatic heterocycles. The van der Waals surface area contributed by atoms with Gasteiger partial charge in [-0.15, -0.1) is 12.4 Å². The van der Waals surface area contributed by atoms with Crippen molar-refractivity contribution >= 4 is 12.4 Å². The van der Waals surface area contributed by atoms with Crippen LogP contribution < -0.4 is 0 Å². The second-order valence-corrected chi connectivity index (χ2v) is 4.79. The number of aliphatic hydroxyl groups is 1. The molecule has 1 atom stereocenters. The van der Waals surface area contributed by atoms with Gasteiger partial charge < -0.3 is 10.2 Å². The summed E-state index contributed by atoms with van der Waals surface area (Å²) in [6.07, 6.45) is -0.596. The Balaban J connectivity index is 0.00000200. The van der Waals surface area contributed by atoms with Gasteiger partial charge in [-0.05, 0) is 30.3 Å². The first-order valence-electron chi connectivity index (χ1n) is 6.34. The minimum absolute atomic E-state index is 0. The molecule has 20 heavy (non-hydrogen) atoms. The summed E-state index contributed by atoms with van der Waals surface area (Å²) >= 11 is 0. The SMILES string of the molecule is CN(Cc1ccccc1)CC(O)c1cccc(O)c1.Cl. The molecule has 0 aliphatic carbocycles. The van der Waals surface area contributed by atoms with Crippen LogP contribution in [-0.4, -0.2) is 28.7 Å². The Morgan fingerprint density at radius 2 is 1.75 bits per heavy atom. The molecule has 2 rings (SSSR count). The Morgan fingerprint density at radius 1 is 1.05 bits per heavy atom. The highest BCUT2D eigenvalue weighted by atomic mass is 35.5. The highest BCUT2D eigenvalue weighted by Crippen LogP contribution is 2.19. The van der Waals surface area contributed by atoms with Crippen molar-refractivity contribution in [1.82, 2.24) is 4.90 Å². The summed E-state index contributed by atoms with van der Waals surface area (Å²) in [4.78, 5) is 2.06. The molecule has 0 spiro atoms. The molecular weight excluding hydrogens is 274 g/mol. The van der Waals surface area contributed by atoms with Gasteiger partial charge >= 0.3 is 0 Å². The van der Waals surface area contributed by atoms with Gasteiger partial charge in [0.15, 0.2) is 0 Å². The lowest BCUT2D eigenvalue weighted by Crippen LogP contribution is -2.24. The standard InChI is InChI=1S/C16H19NO2.ClH/c1-17(11-13-6-3-2-4-7-13)12-16(19)14-8-5-9-15(18)10-14;/h2-10,16,18-19H,11-12H2,1H3;1H. The van der Waals surface area contributed by atoms with E-state index < -0.39 is 6.10 Å². The largest absolute Gasteiger partial charge is 0.508 e. The Morgan fingerprint density at radius 3 is 2.40 bits per heavy atom. The van der Waals surface area contributed by atoms with Crippen molar-refractivity contribution in [2.75, 3.05) is 13.6 Å². The van der Waals surface area contributed by atoms with E-state index in [-0.39, 0.29) is 18.2 Å². The fourth-order valence-electron chi connectivity index (χ4n) is 2.09. The van der Waals surface area contributed by atoms with Gasteiger partial charge in [-0.2, -0.15) is 0 Å². The molecule has 0 heterocycles. The van der Waals surface area contributed by atoms with Crippen LogP contribution in [0.3, 0.4) is 0 Å². The Kier molecular flexibility index (Phi) is 6.52. The van der Waals surface area contributed by atoms with Gasteiger partial charge in [0.2, 0.25) is 0 Å². The van der Waals surface area contributed by atoms with Gasteiger partial charge in [0.1, 0.15) is 5.75 Å². The summed E-state index contributed by atoms with van der Waals surface area (Å²) in [5, 5.41) is 19.5. The quantitative estimate of drug-likeness (QED) is 0.891. The maximum absolute atomic E-state index is 10.1. The second-order valence-electron chi connectivity index (χ2n) is 4.79. The van der Waals surface area contributed by atoms with Crippen molar-refractivity contribution in [3.05, 3.63) is 65.7 Å². The molecule has 0 saturated carbocycles. The molecule has 0 aromatic heterocycles. The zero-order valence-corrected chi connectivity index (χ0v) is 12.3. The maximum atomic E-state index is 10.1. The van der Waals surface area contributed by atoms with E-state index in [1.807, 2.05) is 31.3 Å². The molecule has 0 amide bonds. The van der Waals surface area contributed by atoms with Crippen LogP contribution in [0.25, 0.3) is 0 Å². The van der Waals surface area contributed by atoms with E-state index in [1.54, 1.807) is 18.2 Å². The number of halogens is 1. The lowest BCUT2D eigenvalue weighted by atomic mass is 10.1. The number of likely N-dealkylation sites (N-methyl/N-ethyl adjacent to an activating group) is 1. The third-order valence-corrected chi connectivity index (χ3v) is 3.03. The van der Waals surface area contributed by atoms with Crippen LogP contribution in [-0.2, 0) is 6.54 Å². The van der Waals surface area contributed by atoms with Crippen LogP contribution in [0.15, 0.2) is 54.6 Å². The zero-order chi connectivity index (χ0) is 13.7. The minimum Gasteiger partial charge on any atom is -0.508 e. The monoisotopic (exact) mass is 293 g/mol. The van der Waals surface area contributed by atoms with E-state index in [4.69, 9.17) is 0 Å². The number of hydrogen-bond acceptors (Lipinski definition) is 3. The lowest BCUT2D eigenvalue weighted by molar-refractivity contribution is 0.123. The molecule has 0 fully saturated rings. The molecule has 3 nitrogen and oxygen atoms in total. The van der Waals surface area contributed by atoms with E-state index in [9.17, 15) is 10.2 Å². The van der Waals surface area contributed by atoms with Crippen LogP contribution in [0.5, 0.6) is 5.75 Å². The average molecular weight is 294 g/mol. The van der Waals surface area contributed by atoms with E-state index in [1.165, 1.54) is 5.56 Å². The molecule has 2 aromatic carbocycles. The van der Waals surface area contributed by atoms with Crippen molar-refractivity contribution in [1.29, 1.82) is 0 Å². The number of rotatable bonds is 5. The first-order chi connectivity index (χ1) is 9.15. The van der Waals surface area contributed by atoms with Gasteiger partial charge in [-0.1, -0.05) is 42.5 Å². The normalized spacial score (nSPS) is 11.9. The zero-order valence-electron chi connectivity index (χ0n) is 11.4. The average Bonchev–Trinajstić information content (AvgIpc) is 2.39. The number of benzene rings is 2. The number of nitrogens with zero attached hydrogens (tertiary/aromatic N) is 1. The third-order valence-electron chi connectivity index (χ3n) is 3.03. The molecule has 0 aliphatic rings. The molecule has 1 unspecified atom stereocenters. The molecule has 4 heteroatoms. The van der Waals surface area contributed by atoms with Crippen molar-refractivity contribution in [2.24, 2.45) is 0 Å². The van der Waals surface area contributed by atoms with E-state index in [2.05, 4.69) is 17.0 Å². The van der Waals surface area contributed by atoms with Crippen molar-refractivity contribution in [3.8, 4) is 5.75 Å². The van der Waals surface area contributed by atoms with Gasteiger partial charge in [-0.25, -0.2) is 0 Å². The number of phenols is 1. The Hall–Kier alpha value is -1.55. The first-order valence-corrected chi connectivity index (χ1v) is 6.34. The van der Waals surface area contributed by atoms with Gasteiger partial charge in [0.05, 0.1) is 6.10 Å². The lowest BCUT2D eigenvalue weighted by Gasteiger charge is -2.21. The molecule has 0 radical (unpaired) electrons. The predicted octanol–water partition coefficient (Wildman–Crippen LogP) is 2.98. The van der Waals surface area contributed by atoms with E-state index in [0.29, 0.717) is 6.54 Å². The van der Waals surface area contributed by atoms with Crippen molar-refractivity contribution < 1.29 is 10.2 Å². The molecular formula is C16H20ClNO2. The number of aromatic hydroxyl groups is 1. The summed E-state index contributed by atoms with van der Waals surface area (Å²) in [6.45, 7) is 1.31. The van der Waals surface area contributed by atoms with Gasteiger partial charge in [-0.3, -0.25) is 4.90 Å². The predicted molar refractivity (Wildman–Crippen MR) is 83.1 cm³/mol. The van der Waals surface area contributed by atoms with Gasteiger partial charge in [0, 0.05) is 13.1 Å². The molecule has 2 N–H and O–H groups in total. The van der Waals surface area contributed by atoms with Crippen LogP contribution in [0.2, 0.25) is 0 Å². The Labute approximate surface area is 125 Å². The summed E-state index contributed by atoms with van der Waals surface area (Å²) in [5.41, 5.74) is 1.95. The number of phenolic OH excluding ortho intramolecular Hbond substituents is 1. The smallest absolute Gasteiger partial charge is 0.115 e. The second kappa shape index (κ2) is 7.90. The van der Waals surface area contributed by atoms with E-state index in [0.717, 1.165) is 12.1 Å². The maximum Gasteiger partial charge on any atom is 0.115 e. The van der Waals surface area contributed by atoms with Crippen LogP contribution in [0.1, 0.15) is 17.2 Å². The first kappa shape index (κ1) is 16.5. The van der Waals surface area contributed by atoms with E-state index >= 15 is 0 Å². The minimum atomic E-state index is -0.596. The van der Waals surface area contributed by atoms with Gasteiger partial charge in [0.25, 0.3) is 0 Å². The summed E-state index contributed by atoms with van der Waals surface area (Å²) in [6, 6.07) is 16.9. The molecule has 0 bridgehead atoms. The molecule has 0 saturated heterocycles. The van der Waals surface area contributed by atoms with Crippen LogP contribution in [0.4, 0.5) is 0 Å². The highest BCUT2D eigenvalue weighted by molar-refractivity contribution is 5.85. The third kappa shape index (κ3) is 4.85. The Bertz CT molecular complexity index is 519. The highest BCUT2D eigenvalue weighted by Gasteiger charge is 2.11. The molecule has 108 valence electrons. The van der Waals surface area contributed by atoms with Crippen LogP contribution >= 0.6 is 12.4 Å². The summed E-state index contributed by atoms with van der Waals surface area (Å²) < 4.78 is 0. The molecule has 2 aromatic rings.